The molecule has 4 rings (SSSR count). The SMILES string of the molecule is CCN1CCN(CC(O)COc2ccc3ccc(-c4cccnc4OC)cc3c2)CC1. The molecule has 0 spiro atoms. The third-order valence-corrected chi connectivity index (χ3v) is 5.91. The summed E-state index contributed by atoms with van der Waals surface area (Å²) in [5, 5.41) is 12.7. The largest absolute Gasteiger partial charge is 0.491 e. The molecule has 1 aromatic heterocycles. The van der Waals surface area contributed by atoms with E-state index in [0.717, 1.165) is 60.4 Å². The number of likely N-dealkylation sites (N-methyl/N-ethyl adjacent to an activating group) is 1. The Balaban J connectivity index is 1.40. The molecule has 1 atom stereocenters. The standard InChI is InChI=1S/C25H31N3O3/c1-3-27-11-13-28(14-12-27)17-22(29)18-31-23-9-8-19-6-7-20(15-21(19)16-23)24-5-4-10-26-25(24)30-2/h4-10,15-16,22,29H,3,11-14,17-18H2,1-2H3. The van der Waals surface area contributed by atoms with E-state index >= 15 is 0 Å². The number of piperazine rings is 1. The minimum atomic E-state index is -0.505. The van der Waals surface area contributed by atoms with Gasteiger partial charge >= 0.3 is 0 Å². The van der Waals surface area contributed by atoms with Crippen LogP contribution in [-0.4, -0.2) is 79.0 Å². The number of ether oxygens (including phenoxy) is 2. The van der Waals surface area contributed by atoms with Gasteiger partial charge in [-0.15, -0.1) is 0 Å². The van der Waals surface area contributed by atoms with Gasteiger partial charge in [0.25, 0.3) is 0 Å². The van der Waals surface area contributed by atoms with E-state index in [4.69, 9.17) is 9.47 Å². The normalized spacial score (nSPS) is 16.4. The van der Waals surface area contributed by atoms with Gasteiger partial charge in [0, 0.05) is 44.5 Å². The lowest BCUT2D eigenvalue weighted by Crippen LogP contribution is -2.49. The molecule has 6 heteroatoms. The molecular weight excluding hydrogens is 390 g/mol. The fraction of sp³-hybridized carbons (Fsp3) is 0.400. The van der Waals surface area contributed by atoms with Crippen LogP contribution in [0.2, 0.25) is 0 Å². The van der Waals surface area contributed by atoms with Crippen LogP contribution >= 0.6 is 0 Å². The Bertz CT molecular complexity index is 1000. The molecule has 1 unspecified atom stereocenters. The third kappa shape index (κ3) is 5.34. The predicted octanol–water partition coefficient (Wildman–Crippen LogP) is 3.29. The van der Waals surface area contributed by atoms with Crippen molar-refractivity contribution in [2.24, 2.45) is 0 Å². The molecule has 1 N–H and O–H groups in total. The van der Waals surface area contributed by atoms with E-state index in [-0.39, 0.29) is 6.61 Å². The van der Waals surface area contributed by atoms with Gasteiger partial charge in [-0.3, -0.25) is 4.90 Å². The van der Waals surface area contributed by atoms with Crippen LogP contribution in [0.15, 0.2) is 54.7 Å². The molecule has 164 valence electrons. The highest BCUT2D eigenvalue weighted by molar-refractivity contribution is 5.89. The summed E-state index contributed by atoms with van der Waals surface area (Å²) in [5.74, 6) is 1.37. The van der Waals surface area contributed by atoms with E-state index in [2.05, 4.69) is 39.9 Å². The van der Waals surface area contributed by atoms with E-state index in [1.807, 2.05) is 30.3 Å². The van der Waals surface area contributed by atoms with Crippen molar-refractivity contribution in [3.05, 3.63) is 54.7 Å². The molecule has 2 aromatic carbocycles. The highest BCUT2D eigenvalue weighted by atomic mass is 16.5. The van der Waals surface area contributed by atoms with Crippen LogP contribution in [0.3, 0.4) is 0 Å². The number of β-amino-alcohol motifs (C(OH)–C–C–N with tert-alkyl or cyclic N) is 1. The van der Waals surface area contributed by atoms with Crippen molar-refractivity contribution in [1.82, 2.24) is 14.8 Å². The molecule has 0 bridgehead atoms. The van der Waals surface area contributed by atoms with Crippen molar-refractivity contribution in [3.63, 3.8) is 0 Å². The van der Waals surface area contributed by atoms with Crippen LogP contribution in [0.25, 0.3) is 21.9 Å². The molecule has 1 aliphatic heterocycles. The number of nitrogens with zero attached hydrogens (tertiary/aromatic N) is 3. The molecule has 31 heavy (non-hydrogen) atoms. The number of hydrogen-bond donors (Lipinski definition) is 1. The van der Waals surface area contributed by atoms with Crippen LogP contribution < -0.4 is 9.47 Å². The van der Waals surface area contributed by atoms with E-state index < -0.39 is 6.10 Å². The summed E-state index contributed by atoms with van der Waals surface area (Å²) in [4.78, 5) is 9.04. The van der Waals surface area contributed by atoms with Gasteiger partial charge in [0.15, 0.2) is 0 Å². The fourth-order valence-electron chi connectivity index (χ4n) is 4.09. The van der Waals surface area contributed by atoms with Crippen molar-refractivity contribution in [1.29, 1.82) is 0 Å². The molecule has 1 fully saturated rings. The van der Waals surface area contributed by atoms with Crippen LogP contribution in [0.5, 0.6) is 11.6 Å². The van der Waals surface area contributed by atoms with Crippen molar-refractivity contribution >= 4 is 10.8 Å². The maximum Gasteiger partial charge on any atom is 0.221 e. The topological polar surface area (TPSA) is 58.1 Å². The van der Waals surface area contributed by atoms with Gasteiger partial charge < -0.3 is 19.5 Å². The second-order valence-corrected chi connectivity index (χ2v) is 7.98. The quantitative estimate of drug-likeness (QED) is 0.602. The Morgan fingerprint density at radius 3 is 2.55 bits per heavy atom. The Kier molecular flexibility index (Phi) is 7.02. The number of rotatable bonds is 8. The molecule has 6 nitrogen and oxygen atoms in total. The second kappa shape index (κ2) is 10.1. The van der Waals surface area contributed by atoms with Crippen molar-refractivity contribution < 1.29 is 14.6 Å². The lowest BCUT2D eigenvalue weighted by Gasteiger charge is -2.34. The number of aliphatic hydroxyl groups is 1. The third-order valence-electron chi connectivity index (χ3n) is 5.91. The first-order valence-corrected chi connectivity index (χ1v) is 10.9. The van der Waals surface area contributed by atoms with Crippen molar-refractivity contribution in [3.8, 4) is 22.8 Å². The average molecular weight is 422 g/mol. The van der Waals surface area contributed by atoms with E-state index in [0.29, 0.717) is 12.4 Å². The molecule has 0 amide bonds. The number of benzene rings is 2. The Morgan fingerprint density at radius 2 is 1.77 bits per heavy atom. The fourth-order valence-corrected chi connectivity index (χ4v) is 4.09. The molecule has 1 aliphatic rings. The maximum atomic E-state index is 10.4. The Morgan fingerprint density at radius 1 is 1.00 bits per heavy atom. The zero-order valence-corrected chi connectivity index (χ0v) is 18.3. The smallest absolute Gasteiger partial charge is 0.221 e. The molecule has 2 heterocycles. The maximum absolute atomic E-state index is 10.4. The molecular formula is C25H31N3O3. The van der Waals surface area contributed by atoms with Gasteiger partial charge in [0.05, 0.1) is 7.11 Å². The number of fused-ring (bicyclic) bond motifs is 1. The molecule has 1 saturated heterocycles. The second-order valence-electron chi connectivity index (χ2n) is 7.98. The predicted molar refractivity (Wildman–Crippen MR) is 124 cm³/mol. The van der Waals surface area contributed by atoms with E-state index in [9.17, 15) is 5.11 Å². The minimum Gasteiger partial charge on any atom is -0.491 e. The van der Waals surface area contributed by atoms with Gasteiger partial charge in [-0.25, -0.2) is 4.98 Å². The van der Waals surface area contributed by atoms with Crippen molar-refractivity contribution in [2.45, 2.75) is 13.0 Å². The Hall–Kier alpha value is -2.67. The van der Waals surface area contributed by atoms with E-state index in [1.165, 1.54) is 0 Å². The number of hydrogen-bond acceptors (Lipinski definition) is 6. The van der Waals surface area contributed by atoms with Crippen LogP contribution in [0.1, 0.15) is 6.92 Å². The monoisotopic (exact) mass is 421 g/mol. The van der Waals surface area contributed by atoms with Crippen LogP contribution in [0, 0.1) is 0 Å². The first kappa shape index (κ1) is 21.6. The van der Waals surface area contributed by atoms with Gasteiger partial charge in [0.1, 0.15) is 18.5 Å². The highest BCUT2D eigenvalue weighted by Gasteiger charge is 2.18. The van der Waals surface area contributed by atoms with Crippen LogP contribution in [0.4, 0.5) is 0 Å². The summed E-state index contributed by atoms with van der Waals surface area (Å²) in [6.07, 6.45) is 1.22. The number of methoxy groups -OCH3 is 1. The highest BCUT2D eigenvalue weighted by Crippen LogP contribution is 2.31. The van der Waals surface area contributed by atoms with Gasteiger partial charge in [-0.1, -0.05) is 25.1 Å². The lowest BCUT2D eigenvalue weighted by atomic mass is 10.0. The molecule has 0 saturated carbocycles. The summed E-state index contributed by atoms with van der Waals surface area (Å²) >= 11 is 0. The summed E-state index contributed by atoms with van der Waals surface area (Å²) in [7, 11) is 1.63. The summed E-state index contributed by atoms with van der Waals surface area (Å²) in [6, 6.07) is 16.2. The molecule has 0 aliphatic carbocycles. The lowest BCUT2D eigenvalue weighted by molar-refractivity contribution is 0.0471. The summed E-state index contributed by atoms with van der Waals surface area (Å²) in [6.45, 7) is 8.36. The zero-order valence-electron chi connectivity index (χ0n) is 18.3. The molecule has 0 radical (unpaired) electrons. The average Bonchev–Trinajstić information content (AvgIpc) is 2.82. The van der Waals surface area contributed by atoms with Gasteiger partial charge in [-0.2, -0.15) is 0 Å². The van der Waals surface area contributed by atoms with Crippen LogP contribution in [-0.2, 0) is 0 Å². The van der Waals surface area contributed by atoms with Gasteiger partial charge in [0.2, 0.25) is 5.88 Å². The molecule has 3 aromatic rings. The summed E-state index contributed by atoms with van der Waals surface area (Å²) in [5.41, 5.74) is 2.00. The first-order valence-electron chi connectivity index (χ1n) is 10.9. The van der Waals surface area contributed by atoms with Crippen molar-refractivity contribution in [2.75, 3.05) is 53.0 Å². The number of aliphatic hydroxyl groups excluding tert-OH is 1. The zero-order chi connectivity index (χ0) is 21.6. The summed E-state index contributed by atoms with van der Waals surface area (Å²) < 4.78 is 11.3. The minimum absolute atomic E-state index is 0.287. The number of pyridine rings is 1. The van der Waals surface area contributed by atoms with E-state index in [1.54, 1.807) is 13.3 Å². The first-order chi connectivity index (χ1) is 15.2. The van der Waals surface area contributed by atoms with Gasteiger partial charge in [-0.05, 0) is 53.2 Å². The number of aromatic nitrogens is 1. The Labute approximate surface area is 184 Å².